The summed E-state index contributed by atoms with van der Waals surface area (Å²) in [5, 5.41) is 0.727. The Morgan fingerprint density at radius 2 is 1.86 bits per heavy atom. The van der Waals surface area contributed by atoms with Crippen LogP contribution in [0.15, 0.2) is 65.6 Å². The number of hydrogen-bond acceptors (Lipinski definition) is 3. The second-order valence-electron chi connectivity index (χ2n) is 7.90. The van der Waals surface area contributed by atoms with Crippen LogP contribution < -0.4 is 5.56 Å². The number of aromatic nitrogens is 2. The fraction of sp³-hybridized carbons (Fsp3) is 0.304. The summed E-state index contributed by atoms with van der Waals surface area (Å²) in [6, 6.07) is 17.7. The number of pyridine rings is 2. The molecular weight excluding hydrogens is 370 g/mol. The van der Waals surface area contributed by atoms with E-state index in [-0.39, 0.29) is 5.56 Å². The molecule has 0 N–H and O–H groups in total. The molecule has 4 heterocycles. The number of halogens is 1. The molecule has 1 aromatic carbocycles. The summed E-state index contributed by atoms with van der Waals surface area (Å²) in [5.74, 6) is 0.865. The maximum absolute atomic E-state index is 12.6. The normalized spacial score (nSPS) is 21.3. The van der Waals surface area contributed by atoms with Crippen molar-refractivity contribution in [1.29, 1.82) is 0 Å². The molecule has 0 radical (unpaired) electrons. The zero-order valence-corrected chi connectivity index (χ0v) is 16.3. The van der Waals surface area contributed by atoms with Gasteiger partial charge < -0.3 is 4.57 Å². The fourth-order valence-corrected chi connectivity index (χ4v) is 4.96. The highest BCUT2D eigenvalue weighted by atomic mass is 35.5. The van der Waals surface area contributed by atoms with E-state index < -0.39 is 0 Å². The SMILES string of the molecule is O=c1ccc(-c2ccc(Cl)cc2)c2n1C[C@H]1C[C@@H]2CN(Cc2ccccn2)C1. The Hall–Kier alpha value is -2.43. The van der Waals surface area contributed by atoms with Crippen LogP contribution in [0.1, 0.15) is 23.7 Å². The van der Waals surface area contributed by atoms with Crippen LogP contribution in [0.4, 0.5) is 0 Å². The van der Waals surface area contributed by atoms with Crippen LogP contribution in [-0.2, 0) is 13.1 Å². The summed E-state index contributed by atoms with van der Waals surface area (Å²) >= 11 is 6.08. The molecular formula is C23H22ClN3O. The first-order valence-corrected chi connectivity index (χ1v) is 10.2. The number of nitrogens with zero attached hydrogens (tertiary/aromatic N) is 3. The minimum atomic E-state index is 0.112. The molecule has 0 amide bonds. The first-order chi connectivity index (χ1) is 13.7. The van der Waals surface area contributed by atoms with Gasteiger partial charge in [-0.05, 0) is 48.2 Å². The highest BCUT2D eigenvalue weighted by molar-refractivity contribution is 6.30. The quantitative estimate of drug-likeness (QED) is 0.672. The van der Waals surface area contributed by atoms with Gasteiger partial charge in [-0.3, -0.25) is 14.7 Å². The average Bonchev–Trinajstić information content (AvgIpc) is 2.70. The van der Waals surface area contributed by atoms with Gasteiger partial charge in [-0.15, -0.1) is 0 Å². The molecule has 0 unspecified atom stereocenters. The number of rotatable bonds is 3. The molecule has 3 aromatic rings. The van der Waals surface area contributed by atoms with E-state index in [2.05, 4.69) is 16.0 Å². The fourth-order valence-electron chi connectivity index (χ4n) is 4.84. The number of benzene rings is 1. The molecule has 0 aliphatic carbocycles. The predicted molar refractivity (Wildman–Crippen MR) is 112 cm³/mol. The van der Waals surface area contributed by atoms with Crippen LogP contribution in [0.2, 0.25) is 5.02 Å². The van der Waals surface area contributed by atoms with Crippen molar-refractivity contribution in [2.45, 2.75) is 25.4 Å². The van der Waals surface area contributed by atoms with Crippen molar-refractivity contribution in [2.75, 3.05) is 13.1 Å². The van der Waals surface area contributed by atoms with Crippen LogP contribution in [0.5, 0.6) is 0 Å². The van der Waals surface area contributed by atoms with Crippen LogP contribution in [0.3, 0.4) is 0 Å². The van der Waals surface area contributed by atoms with Gasteiger partial charge in [0.15, 0.2) is 0 Å². The molecule has 2 bridgehead atoms. The van der Waals surface area contributed by atoms with Crippen LogP contribution in [0.25, 0.3) is 11.1 Å². The first kappa shape index (κ1) is 17.7. The molecule has 1 fully saturated rings. The summed E-state index contributed by atoms with van der Waals surface area (Å²) in [6.07, 6.45) is 3.00. The van der Waals surface area contributed by atoms with Crippen molar-refractivity contribution in [1.82, 2.24) is 14.5 Å². The largest absolute Gasteiger partial charge is 0.311 e. The van der Waals surface area contributed by atoms with Gasteiger partial charge in [-0.25, -0.2) is 0 Å². The molecule has 2 aromatic heterocycles. The molecule has 2 aliphatic rings. The van der Waals surface area contributed by atoms with Gasteiger partial charge in [-0.1, -0.05) is 29.8 Å². The maximum atomic E-state index is 12.6. The van der Waals surface area contributed by atoms with Crippen molar-refractivity contribution < 1.29 is 0 Å². The van der Waals surface area contributed by atoms with E-state index in [9.17, 15) is 4.79 Å². The van der Waals surface area contributed by atoms with E-state index in [1.807, 2.05) is 53.2 Å². The Bertz CT molecular complexity index is 1050. The topological polar surface area (TPSA) is 38.1 Å². The summed E-state index contributed by atoms with van der Waals surface area (Å²) in [6.45, 7) is 3.63. The van der Waals surface area contributed by atoms with Crippen molar-refractivity contribution in [2.24, 2.45) is 5.92 Å². The molecule has 2 atom stereocenters. The highest BCUT2D eigenvalue weighted by Crippen LogP contribution is 2.40. The highest BCUT2D eigenvalue weighted by Gasteiger charge is 2.36. The summed E-state index contributed by atoms with van der Waals surface area (Å²) in [5.41, 5.74) is 4.66. The minimum absolute atomic E-state index is 0.112. The van der Waals surface area contributed by atoms with Gasteiger partial charge in [0.05, 0.1) is 5.69 Å². The van der Waals surface area contributed by atoms with E-state index in [0.717, 1.165) is 54.4 Å². The van der Waals surface area contributed by atoms with Gasteiger partial charge in [-0.2, -0.15) is 0 Å². The number of likely N-dealkylation sites (tertiary alicyclic amines) is 1. The van der Waals surface area contributed by atoms with Gasteiger partial charge >= 0.3 is 0 Å². The van der Waals surface area contributed by atoms with Gasteiger partial charge in [0.1, 0.15) is 0 Å². The zero-order valence-electron chi connectivity index (χ0n) is 15.6. The van der Waals surface area contributed by atoms with Crippen molar-refractivity contribution in [3.63, 3.8) is 0 Å². The molecule has 4 nitrogen and oxygen atoms in total. The average molecular weight is 392 g/mol. The van der Waals surface area contributed by atoms with E-state index in [4.69, 9.17) is 11.6 Å². The second kappa shape index (κ2) is 7.19. The van der Waals surface area contributed by atoms with E-state index in [1.54, 1.807) is 6.07 Å². The van der Waals surface area contributed by atoms with E-state index in [1.165, 1.54) is 5.69 Å². The second-order valence-corrected chi connectivity index (χ2v) is 8.34. The standard InChI is InChI=1S/C23H22ClN3O/c24-19-6-4-17(5-7-19)21-8-9-22(28)27-13-16-11-18(23(21)27)14-26(12-16)15-20-3-1-2-10-25-20/h1-10,16,18H,11-15H2/t16-,18+/m0/s1. The lowest BCUT2D eigenvalue weighted by atomic mass is 9.80. The molecule has 28 heavy (non-hydrogen) atoms. The van der Waals surface area contributed by atoms with Gasteiger partial charge in [0, 0.05) is 60.6 Å². The summed E-state index contributed by atoms with van der Waals surface area (Å²) < 4.78 is 2.01. The lowest BCUT2D eigenvalue weighted by molar-refractivity contribution is 0.113. The van der Waals surface area contributed by atoms with E-state index >= 15 is 0 Å². The van der Waals surface area contributed by atoms with E-state index in [0.29, 0.717) is 11.8 Å². The van der Waals surface area contributed by atoms with Crippen molar-refractivity contribution in [3.05, 3.63) is 87.6 Å². The van der Waals surface area contributed by atoms with Crippen LogP contribution >= 0.6 is 11.6 Å². The zero-order chi connectivity index (χ0) is 19.1. The third-order valence-corrected chi connectivity index (χ3v) is 6.18. The predicted octanol–water partition coefficient (Wildman–Crippen LogP) is 4.18. The van der Waals surface area contributed by atoms with Crippen molar-refractivity contribution in [3.8, 4) is 11.1 Å². The Balaban J connectivity index is 1.51. The molecule has 5 heteroatoms. The Morgan fingerprint density at radius 3 is 2.64 bits per heavy atom. The molecule has 0 spiro atoms. The molecule has 1 saturated heterocycles. The first-order valence-electron chi connectivity index (χ1n) is 9.79. The van der Waals surface area contributed by atoms with Gasteiger partial charge in [0.2, 0.25) is 0 Å². The lowest BCUT2D eigenvalue weighted by Crippen LogP contribution is -2.47. The molecule has 2 aliphatic heterocycles. The lowest BCUT2D eigenvalue weighted by Gasteiger charge is -2.43. The Kier molecular flexibility index (Phi) is 4.53. The molecule has 0 saturated carbocycles. The number of fused-ring (bicyclic) bond motifs is 4. The minimum Gasteiger partial charge on any atom is -0.311 e. The summed E-state index contributed by atoms with van der Waals surface area (Å²) in [7, 11) is 0. The number of hydrogen-bond donors (Lipinski definition) is 0. The van der Waals surface area contributed by atoms with Crippen LogP contribution in [0, 0.1) is 5.92 Å². The molecule has 142 valence electrons. The third kappa shape index (κ3) is 3.27. The number of piperidine rings is 1. The summed E-state index contributed by atoms with van der Waals surface area (Å²) in [4.78, 5) is 19.6. The maximum Gasteiger partial charge on any atom is 0.250 e. The van der Waals surface area contributed by atoms with Crippen LogP contribution in [-0.4, -0.2) is 27.5 Å². The Morgan fingerprint density at radius 1 is 1.00 bits per heavy atom. The third-order valence-electron chi connectivity index (χ3n) is 5.93. The smallest absolute Gasteiger partial charge is 0.250 e. The van der Waals surface area contributed by atoms with Crippen molar-refractivity contribution >= 4 is 11.6 Å². The monoisotopic (exact) mass is 391 g/mol. The molecule has 5 rings (SSSR count). The van der Waals surface area contributed by atoms with Gasteiger partial charge in [0.25, 0.3) is 5.56 Å². The Labute approximate surface area is 169 Å².